The topological polar surface area (TPSA) is 53.5 Å². The van der Waals surface area contributed by atoms with Gasteiger partial charge >= 0.3 is 0 Å². The second-order valence-electron chi connectivity index (χ2n) is 9.47. The summed E-state index contributed by atoms with van der Waals surface area (Å²) < 4.78 is 6.05. The molecular formula is C29H34N2O2. The van der Waals surface area contributed by atoms with Crippen molar-refractivity contribution < 1.29 is 9.84 Å². The van der Waals surface area contributed by atoms with Gasteiger partial charge in [0.15, 0.2) is 0 Å². The Bertz CT molecular complexity index is 1030. The Morgan fingerprint density at radius 1 is 0.939 bits per heavy atom. The molecule has 33 heavy (non-hydrogen) atoms. The molecule has 1 aliphatic heterocycles. The summed E-state index contributed by atoms with van der Waals surface area (Å²) in [6, 6.07) is 25.9. The van der Waals surface area contributed by atoms with E-state index in [0.29, 0.717) is 12.5 Å². The van der Waals surface area contributed by atoms with Crippen LogP contribution < -0.4 is 10.6 Å². The number of aliphatic hydroxyl groups excluding tert-OH is 1. The van der Waals surface area contributed by atoms with E-state index in [-0.39, 0.29) is 12.0 Å². The zero-order valence-electron chi connectivity index (χ0n) is 19.3. The van der Waals surface area contributed by atoms with Crippen LogP contribution in [-0.4, -0.2) is 37.3 Å². The number of aliphatic hydroxyl groups is 1. The molecule has 172 valence electrons. The summed E-state index contributed by atoms with van der Waals surface area (Å²) in [5.74, 6) is 0.654. The van der Waals surface area contributed by atoms with E-state index in [4.69, 9.17) is 4.74 Å². The first-order valence-corrected chi connectivity index (χ1v) is 12.2. The summed E-state index contributed by atoms with van der Waals surface area (Å²) in [5.41, 5.74) is 7.68. The zero-order chi connectivity index (χ0) is 22.6. The van der Waals surface area contributed by atoms with Crippen molar-refractivity contribution in [2.24, 2.45) is 5.92 Å². The van der Waals surface area contributed by atoms with Crippen LogP contribution in [0.3, 0.4) is 0 Å². The molecule has 4 heteroatoms. The smallest absolute Gasteiger partial charge is 0.213 e. The molecule has 1 aliphatic carbocycles. The molecule has 3 aromatic rings. The number of hydrogen-bond acceptors (Lipinski definition) is 4. The highest BCUT2D eigenvalue weighted by Gasteiger charge is 2.30. The number of piperidine rings is 1. The lowest BCUT2D eigenvalue weighted by Gasteiger charge is -2.33. The Morgan fingerprint density at radius 2 is 1.61 bits per heavy atom. The monoisotopic (exact) mass is 442 g/mol. The van der Waals surface area contributed by atoms with Crippen LogP contribution in [-0.2, 0) is 11.2 Å². The number of ether oxygens (including phenoxy) is 1. The third-order valence-electron chi connectivity index (χ3n) is 7.23. The minimum absolute atomic E-state index is 0.142. The van der Waals surface area contributed by atoms with Crippen molar-refractivity contribution in [1.29, 1.82) is 0 Å². The molecule has 2 atom stereocenters. The van der Waals surface area contributed by atoms with Crippen LogP contribution in [0.4, 0.5) is 0 Å². The highest BCUT2D eigenvalue weighted by Crippen LogP contribution is 2.44. The molecule has 1 fully saturated rings. The lowest BCUT2D eigenvalue weighted by Crippen LogP contribution is -2.48. The normalized spacial score (nSPS) is 18.0. The first-order valence-electron chi connectivity index (χ1n) is 12.2. The molecule has 1 saturated heterocycles. The van der Waals surface area contributed by atoms with Crippen LogP contribution in [0.25, 0.3) is 11.1 Å². The predicted molar refractivity (Wildman–Crippen MR) is 133 cm³/mol. The predicted octanol–water partition coefficient (Wildman–Crippen LogP) is 4.60. The van der Waals surface area contributed by atoms with E-state index in [2.05, 4.69) is 90.4 Å². The third kappa shape index (κ3) is 5.04. The van der Waals surface area contributed by atoms with E-state index in [1.807, 2.05) is 0 Å². The fraction of sp³-hybridized carbons (Fsp3) is 0.379. The maximum atomic E-state index is 10.9. The van der Waals surface area contributed by atoms with Gasteiger partial charge in [0.1, 0.15) is 0 Å². The molecule has 1 heterocycles. The van der Waals surface area contributed by atoms with Gasteiger partial charge in [-0.1, -0.05) is 78.4 Å². The number of nitrogens with one attached hydrogen (secondary N) is 2. The summed E-state index contributed by atoms with van der Waals surface area (Å²) >= 11 is 0. The number of rotatable bonds is 8. The Balaban J connectivity index is 1.27. The first kappa shape index (κ1) is 22.3. The summed E-state index contributed by atoms with van der Waals surface area (Å²) in [7, 11) is 0. The van der Waals surface area contributed by atoms with Gasteiger partial charge in [-0.3, -0.25) is 5.32 Å². The molecule has 4 nitrogen and oxygen atoms in total. The van der Waals surface area contributed by atoms with Crippen molar-refractivity contribution in [3.05, 3.63) is 95.1 Å². The fourth-order valence-corrected chi connectivity index (χ4v) is 5.56. The third-order valence-corrected chi connectivity index (χ3v) is 7.23. The van der Waals surface area contributed by atoms with E-state index in [1.54, 1.807) is 0 Å². The average molecular weight is 443 g/mol. The van der Waals surface area contributed by atoms with Crippen molar-refractivity contribution in [1.82, 2.24) is 10.6 Å². The van der Waals surface area contributed by atoms with E-state index < -0.39 is 6.41 Å². The largest absolute Gasteiger partial charge is 0.356 e. The van der Waals surface area contributed by atoms with Crippen molar-refractivity contribution in [3.8, 4) is 11.1 Å². The number of fused-ring (bicyclic) bond motifs is 3. The Kier molecular flexibility index (Phi) is 6.88. The summed E-state index contributed by atoms with van der Waals surface area (Å²) in [5, 5.41) is 17.8. The van der Waals surface area contributed by atoms with Crippen molar-refractivity contribution in [3.63, 3.8) is 0 Å². The first-order chi connectivity index (χ1) is 16.2. The number of benzene rings is 3. The molecule has 2 unspecified atom stereocenters. The van der Waals surface area contributed by atoms with Gasteiger partial charge in [-0.25, -0.2) is 0 Å². The van der Waals surface area contributed by atoms with Gasteiger partial charge in [0.25, 0.3) is 0 Å². The molecular weight excluding hydrogens is 408 g/mol. The quantitative estimate of drug-likeness (QED) is 0.446. The van der Waals surface area contributed by atoms with Gasteiger partial charge in [0.05, 0.1) is 6.61 Å². The molecule has 0 radical (unpaired) electrons. The van der Waals surface area contributed by atoms with Crippen LogP contribution in [0.2, 0.25) is 0 Å². The molecule has 0 saturated carbocycles. The lowest BCUT2D eigenvalue weighted by atomic mass is 9.86. The molecule has 2 aliphatic rings. The second-order valence-corrected chi connectivity index (χ2v) is 9.47. The Morgan fingerprint density at radius 3 is 2.27 bits per heavy atom. The molecule has 3 aromatic carbocycles. The average Bonchev–Trinajstić information content (AvgIpc) is 3.17. The number of hydrogen-bond donors (Lipinski definition) is 3. The van der Waals surface area contributed by atoms with Crippen LogP contribution in [0.15, 0.2) is 72.8 Å². The lowest BCUT2D eigenvalue weighted by molar-refractivity contribution is -0.131. The standard InChI is InChI=1S/C29H34N2O2/c1-20-7-6-8-21(17-20)18-28(22-13-15-30-16-14-22)31-29(32)33-19-27-25-11-4-2-9-23(25)24-10-3-5-12-26(24)27/h2-12,17,22,27-32H,13-16,18-19H2,1H3. The van der Waals surface area contributed by atoms with Gasteiger partial charge < -0.3 is 15.2 Å². The van der Waals surface area contributed by atoms with Crippen LogP contribution in [0.5, 0.6) is 0 Å². The van der Waals surface area contributed by atoms with Crippen molar-refractivity contribution in [2.45, 2.75) is 44.6 Å². The van der Waals surface area contributed by atoms with Gasteiger partial charge in [-0.15, -0.1) is 0 Å². The minimum Gasteiger partial charge on any atom is -0.356 e. The van der Waals surface area contributed by atoms with E-state index >= 15 is 0 Å². The summed E-state index contributed by atoms with van der Waals surface area (Å²) in [6.45, 7) is 4.64. The fourth-order valence-electron chi connectivity index (χ4n) is 5.56. The number of aryl methyl sites for hydroxylation is 1. The van der Waals surface area contributed by atoms with Crippen LogP contribution >= 0.6 is 0 Å². The van der Waals surface area contributed by atoms with E-state index in [0.717, 1.165) is 32.4 Å². The zero-order valence-corrected chi connectivity index (χ0v) is 19.3. The Hall–Kier alpha value is -2.50. The van der Waals surface area contributed by atoms with Gasteiger partial charge in [0.2, 0.25) is 6.41 Å². The molecule has 0 aromatic heterocycles. The molecule has 0 spiro atoms. The minimum atomic E-state index is -0.991. The molecule has 5 rings (SSSR count). The van der Waals surface area contributed by atoms with E-state index in [1.165, 1.54) is 33.4 Å². The summed E-state index contributed by atoms with van der Waals surface area (Å²) in [6.07, 6.45) is 2.12. The van der Waals surface area contributed by atoms with Gasteiger partial charge in [-0.05, 0) is 73.0 Å². The van der Waals surface area contributed by atoms with E-state index in [9.17, 15) is 5.11 Å². The molecule has 0 amide bonds. The van der Waals surface area contributed by atoms with Crippen LogP contribution in [0.1, 0.15) is 41.0 Å². The van der Waals surface area contributed by atoms with Gasteiger partial charge in [-0.2, -0.15) is 0 Å². The SMILES string of the molecule is Cc1cccc(CC(NC(O)OCC2c3ccccc3-c3ccccc32)C2CCNCC2)c1. The van der Waals surface area contributed by atoms with Gasteiger partial charge in [0, 0.05) is 12.0 Å². The highest BCUT2D eigenvalue weighted by molar-refractivity contribution is 5.78. The molecule has 0 bridgehead atoms. The summed E-state index contributed by atoms with van der Waals surface area (Å²) in [4.78, 5) is 0. The second kappa shape index (κ2) is 10.2. The highest BCUT2D eigenvalue weighted by atomic mass is 16.6. The van der Waals surface area contributed by atoms with Crippen molar-refractivity contribution in [2.75, 3.05) is 19.7 Å². The Labute approximate surface area is 197 Å². The van der Waals surface area contributed by atoms with Crippen LogP contribution in [0, 0.1) is 12.8 Å². The van der Waals surface area contributed by atoms with Crippen molar-refractivity contribution >= 4 is 0 Å². The maximum Gasteiger partial charge on any atom is 0.213 e. The maximum absolute atomic E-state index is 10.9. The molecule has 3 N–H and O–H groups in total.